The van der Waals surface area contributed by atoms with Crippen molar-refractivity contribution in [2.24, 2.45) is 5.92 Å². The molecule has 0 radical (unpaired) electrons. The summed E-state index contributed by atoms with van der Waals surface area (Å²) in [7, 11) is 0. The van der Waals surface area contributed by atoms with Gasteiger partial charge in [-0.05, 0) is 77.3 Å². The second-order valence-corrected chi connectivity index (χ2v) is 11.8. The van der Waals surface area contributed by atoms with E-state index < -0.39 is 18.2 Å². The van der Waals surface area contributed by atoms with E-state index in [4.69, 9.17) is 4.74 Å². The molecule has 3 N–H and O–H groups in total. The van der Waals surface area contributed by atoms with E-state index in [1.165, 1.54) is 25.0 Å². The highest BCUT2D eigenvalue weighted by molar-refractivity contribution is 14.1. The number of hydrogen-bond acceptors (Lipinski definition) is 5. The SMILES string of the molecule is O=C(NCCO)C1=C[C@H](Oc2ccccc2I)[C@@H](O)[C@H](N(CCc2cccc(F)c2)C(=O)CCC2CCCC2)C1. The van der Waals surface area contributed by atoms with Gasteiger partial charge < -0.3 is 25.2 Å². The Balaban J connectivity index is 1.60. The third-order valence-corrected chi connectivity index (χ3v) is 8.70. The molecule has 2 aliphatic rings. The van der Waals surface area contributed by atoms with E-state index in [1.807, 2.05) is 24.3 Å². The molecule has 2 aliphatic carbocycles. The van der Waals surface area contributed by atoms with Crippen LogP contribution in [0.2, 0.25) is 0 Å². The average Bonchev–Trinajstić information content (AvgIpc) is 3.47. The highest BCUT2D eigenvalue weighted by Gasteiger charge is 2.40. The van der Waals surface area contributed by atoms with Crippen molar-refractivity contribution in [3.8, 4) is 5.75 Å². The number of benzene rings is 2. The van der Waals surface area contributed by atoms with Crippen molar-refractivity contribution >= 4 is 34.4 Å². The minimum Gasteiger partial charge on any atom is -0.482 e. The third-order valence-electron chi connectivity index (χ3n) is 7.81. The van der Waals surface area contributed by atoms with Crippen LogP contribution >= 0.6 is 22.6 Å². The van der Waals surface area contributed by atoms with Crippen molar-refractivity contribution in [3.05, 3.63) is 75.1 Å². The summed E-state index contributed by atoms with van der Waals surface area (Å²) in [6, 6.07) is 13.0. The van der Waals surface area contributed by atoms with Gasteiger partial charge >= 0.3 is 0 Å². The molecule has 1 saturated carbocycles. The van der Waals surface area contributed by atoms with Crippen LogP contribution in [0.5, 0.6) is 5.75 Å². The number of nitrogens with one attached hydrogen (secondary N) is 1. The van der Waals surface area contributed by atoms with Crippen LogP contribution < -0.4 is 10.1 Å². The summed E-state index contributed by atoms with van der Waals surface area (Å²) in [4.78, 5) is 28.4. The summed E-state index contributed by atoms with van der Waals surface area (Å²) in [5, 5.41) is 23.5. The molecule has 0 spiro atoms. The van der Waals surface area contributed by atoms with Crippen LogP contribution in [0.1, 0.15) is 50.5 Å². The third kappa shape index (κ3) is 8.27. The van der Waals surface area contributed by atoms with Gasteiger partial charge in [0.2, 0.25) is 11.8 Å². The fraction of sp³-hybridized carbons (Fsp3) is 0.484. The normalized spacial score (nSPS) is 21.1. The second-order valence-electron chi connectivity index (χ2n) is 10.6. The Morgan fingerprint density at radius 3 is 2.62 bits per heavy atom. The Hall–Kier alpha value is -2.50. The van der Waals surface area contributed by atoms with Gasteiger partial charge in [-0.2, -0.15) is 0 Å². The van der Waals surface area contributed by atoms with Crippen molar-refractivity contribution in [2.45, 2.75) is 69.6 Å². The molecule has 0 aromatic heterocycles. The van der Waals surface area contributed by atoms with Gasteiger partial charge in [-0.25, -0.2) is 4.39 Å². The molecule has 2 aromatic carbocycles. The molecule has 2 aromatic rings. The van der Waals surface area contributed by atoms with Crippen LogP contribution in [-0.4, -0.2) is 64.9 Å². The van der Waals surface area contributed by atoms with Gasteiger partial charge in [0.25, 0.3) is 0 Å². The predicted molar refractivity (Wildman–Crippen MR) is 159 cm³/mol. The average molecular weight is 665 g/mol. The number of rotatable bonds is 12. The number of aliphatic hydroxyl groups is 2. The van der Waals surface area contributed by atoms with E-state index in [-0.39, 0.29) is 43.7 Å². The van der Waals surface area contributed by atoms with E-state index in [1.54, 1.807) is 23.1 Å². The van der Waals surface area contributed by atoms with Gasteiger partial charge in [-0.3, -0.25) is 9.59 Å². The maximum atomic E-state index is 13.9. The summed E-state index contributed by atoms with van der Waals surface area (Å²) in [5.41, 5.74) is 1.14. The molecule has 2 amide bonds. The van der Waals surface area contributed by atoms with Crippen LogP contribution in [0, 0.1) is 15.3 Å². The molecule has 0 aliphatic heterocycles. The molecule has 0 heterocycles. The van der Waals surface area contributed by atoms with Gasteiger partial charge in [0.05, 0.1) is 16.2 Å². The number of halogens is 2. The van der Waals surface area contributed by atoms with Crippen molar-refractivity contribution in [1.29, 1.82) is 0 Å². The van der Waals surface area contributed by atoms with E-state index in [0.717, 1.165) is 28.4 Å². The molecule has 216 valence electrons. The molecule has 3 atom stereocenters. The summed E-state index contributed by atoms with van der Waals surface area (Å²) in [6.07, 6.45) is 6.00. The van der Waals surface area contributed by atoms with Gasteiger partial charge in [0.1, 0.15) is 23.8 Å². The number of amides is 2. The number of aliphatic hydroxyl groups excluding tert-OH is 2. The highest BCUT2D eigenvalue weighted by atomic mass is 127. The molecule has 1 fully saturated rings. The van der Waals surface area contributed by atoms with Crippen LogP contribution in [0.3, 0.4) is 0 Å². The van der Waals surface area contributed by atoms with Crippen LogP contribution in [0.25, 0.3) is 0 Å². The first kappa shape index (κ1) is 30.5. The maximum absolute atomic E-state index is 13.9. The van der Waals surface area contributed by atoms with Crippen LogP contribution in [0.4, 0.5) is 4.39 Å². The van der Waals surface area contributed by atoms with Crippen LogP contribution in [0.15, 0.2) is 60.2 Å². The summed E-state index contributed by atoms with van der Waals surface area (Å²) >= 11 is 2.15. The number of ether oxygens (including phenoxy) is 1. The summed E-state index contributed by atoms with van der Waals surface area (Å²) < 4.78 is 20.9. The second kappa shape index (κ2) is 14.9. The zero-order valence-electron chi connectivity index (χ0n) is 22.6. The number of carbonyl (C=O) groups is 2. The van der Waals surface area contributed by atoms with Gasteiger partial charge in [-0.15, -0.1) is 0 Å². The Bertz CT molecular complexity index is 1190. The molecular formula is C31H38FIN2O5. The Labute approximate surface area is 248 Å². The lowest BCUT2D eigenvalue weighted by Gasteiger charge is -2.41. The highest BCUT2D eigenvalue weighted by Crippen LogP contribution is 2.32. The predicted octanol–water partition coefficient (Wildman–Crippen LogP) is 4.39. The number of para-hydroxylation sites is 1. The van der Waals surface area contributed by atoms with Crippen molar-refractivity contribution in [3.63, 3.8) is 0 Å². The number of nitrogens with zero attached hydrogens (tertiary/aromatic N) is 1. The van der Waals surface area contributed by atoms with E-state index >= 15 is 0 Å². The van der Waals surface area contributed by atoms with Crippen molar-refractivity contribution in [2.75, 3.05) is 19.7 Å². The lowest BCUT2D eigenvalue weighted by Crippen LogP contribution is -2.55. The van der Waals surface area contributed by atoms with E-state index in [9.17, 15) is 24.2 Å². The van der Waals surface area contributed by atoms with Crippen LogP contribution in [-0.2, 0) is 16.0 Å². The van der Waals surface area contributed by atoms with Crippen molar-refractivity contribution < 1.29 is 28.9 Å². The quantitative estimate of drug-likeness (QED) is 0.293. The van der Waals surface area contributed by atoms with Gasteiger partial charge in [0.15, 0.2) is 0 Å². The minimum absolute atomic E-state index is 0.0857. The molecule has 40 heavy (non-hydrogen) atoms. The standard InChI is InChI=1S/C31H38FIN2O5/c32-24-9-5-8-22(18-24)14-16-35(29(37)13-12-21-6-1-2-7-21)26-19-23(31(39)34-15-17-36)20-28(30(26)38)40-27-11-4-3-10-25(27)33/h3-5,8-11,18,20-21,26,28,30,36,38H,1-2,6-7,12-17,19H2,(H,34,39)/t26-,28+,30+/m1/s1. The molecule has 0 bridgehead atoms. The number of carbonyl (C=O) groups excluding carboxylic acids is 2. The van der Waals surface area contributed by atoms with Gasteiger partial charge in [-0.1, -0.05) is 49.9 Å². The first-order chi connectivity index (χ1) is 19.4. The molecule has 0 saturated heterocycles. The molecule has 7 nitrogen and oxygen atoms in total. The molecular weight excluding hydrogens is 626 g/mol. The largest absolute Gasteiger partial charge is 0.482 e. The fourth-order valence-electron chi connectivity index (χ4n) is 5.65. The molecule has 4 rings (SSSR count). The zero-order valence-corrected chi connectivity index (χ0v) is 24.8. The maximum Gasteiger partial charge on any atom is 0.247 e. The molecule has 0 unspecified atom stereocenters. The van der Waals surface area contributed by atoms with E-state index in [2.05, 4.69) is 27.9 Å². The molecule has 9 heteroatoms. The lowest BCUT2D eigenvalue weighted by molar-refractivity contribution is -0.138. The van der Waals surface area contributed by atoms with E-state index in [0.29, 0.717) is 30.1 Å². The smallest absolute Gasteiger partial charge is 0.247 e. The summed E-state index contributed by atoms with van der Waals surface area (Å²) in [6.45, 7) is 0.164. The Morgan fingerprint density at radius 2 is 1.90 bits per heavy atom. The minimum atomic E-state index is -1.09. The zero-order chi connectivity index (χ0) is 28.5. The first-order valence-corrected chi connectivity index (χ1v) is 15.2. The summed E-state index contributed by atoms with van der Waals surface area (Å²) in [5.74, 6) is 0.300. The number of hydrogen-bond donors (Lipinski definition) is 3. The van der Waals surface area contributed by atoms with Gasteiger partial charge in [0, 0.05) is 31.5 Å². The Morgan fingerprint density at radius 1 is 1.12 bits per heavy atom. The monoisotopic (exact) mass is 664 g/mol. The first-order valence-electron chi connectivity index (χ1n) is 14.1. The fourth-order valence-corrected chi connectivity index (χ4v) is 6.17. The Kier molecular flexibility index (Phi) is 11.4. The topological polar surface area (TPSA) is 99.1 Å². The van der Waals surface area contributed by atoms with Crippen molar-refractivity contribution in [1.82, 2.24) is 10.2 Å². The lowest BCUT2D eigenvalue weighted by atomic mass is 9.87.